The number of halogens is 4. The minimum atomic E-state index is -4.41. The average molecular weight is 340 g/mol. The Hall–Kier alpha value is -1.44. The van der Waals surface area contributed by atoms with E-state index in [9.17, 15) is 13.2 Å². The quantitative estimate of drug-likeness (QED) is 0.341. The first kappa shape index (κ1) is 15.6. The van der Waals surface area contributed by atoms with Crippen molar-refractivity contribution in [2.75, 3.05) is 11.9 Å². The highest BCUT2D eigenvalue weighted by molar-refractivity contribution is 9.10. The van der Waals surface area contributed by atoms with Crippen LogP contribution < -0.4 is 11.1 Å². The molecule has 0 fully saturated rings. The molecule has 1 unspecified atom stereocenters. The van der Waals surface area contributed by atoms with E-state index in [1.165, 1.54) is 6.07 Å². The Kier molecular flexibility index (Phi) is 5.04. The first-order valence-electron chi connectivity index (χ1n) is 5.33. The fraction of sp³-hybridized carbons (Fsp3) is 0.364. The highest BCUT2D eigenvalue weighted by Crippen LogP contribution is 2.33. The topological polar surface area (TPSA) is 70.6 Å². The maximum absolute atomic E-state index is 12.6. The normalized spacial score (nSPS) is 14.3. The molecular weight excluding hydrogens is 327 g/mol. The van der Waals surface area contributed by atoms with Gasteiger partial charge < -0.3 is 16.3 Å². The van der Waals surface area contributed by atoms with E-state index in [2.05, 4.69) is 26.4 Å². The third kappa shape index (κ3) is 4.62. The standard InChI is InChI=1S/C11H13BrF3N3O/c1-6(10(16)18-19)5-17-9-3-7(11(13,14)15)2-8(12)4-9/h2-4,6,17,19H,5H2,1H3,(H2,16,18). The highest BCUT2D eigenvalue weighted by atomic mass is 79.9. The Morgan fingerprint density at radius 1 is 1.47 bits per heavy atom. The van der Waals surface area contributed by atoms with Crippen LogP contribution >= 0.6 is 15.9 Å². The van der Waals surface area contributed by atoms with Gasteiger partial charge in [-0.15, -0.1) is 0 Å². The molecule has 0 spiro atoms. The molecule has 0 aliphatic rings. The summed E-state index contributed by atoms with van der Waals surface area (Å²) < 4.78 is 38.1. The van der Waals surface area contributed by atoms with Crippen LogP contribution in [0.2, 0.25) is 0 Å². The van der Waals surface area contributed by atoms with Crippen LogP contribution in [0.4, 0.5) is 18.9 Å². The lowest BCUT2D eigenvalue weighted by Crippen LogP contribution is -2.27. The molecule has 0 saturated carbocycles. The van der Waals surface area contributed by atoms with Crippen molar-refractivity contribution in [3.8, 4) is 0 Å². The molecular formula is C11H13BrF3N3O. The number of alkyl halides is 3. The van der Waals surface area contributed by atoms with Crippen molar-refractivity contribution >= 4 is 27.5 Å². The largest absolute Gasteiger partial charge is 0.416 e. The smallest absolute Gasteiger partial charge is 0.409 e. The van der Waals surface area contributed by atoms with Gasteiger partial charge in [-0.25, -0.2) is 0 Å². The molecule has 0 radical (unpaired) electrons. The van der Waals surface area contributed by atoms with Crippen molar-refractivity contribution in [1.29, 1.82) is 0 Å². The zero-order valence-electron chi connectivity index (χ0n) is 10.0. The summed E-state index contributed by atoms with van der Waals surface area (Å²) in [6.07, 6.45) is -4.41. The minimum absolute atomic E-state index is 0.0125. The Bertz CT molecular complexity index is 477. The van der Waals surface area contributed by atoms with Crippen LogP contribution in [0.15, 0.2) is 27.8 Å². The minimum Gasteiger partial charge on any atom is -0.409 e. The van der Waals surface area contributed by atoms with E-state index >= 15 is 0 Å². The van der Waals surface area contributed by atoms with E-state index in [4.69, 9.17) is 10.9 Å². The van der Waals surface area contributed by atoms with Crippen molar-refractivity contribution in [3.63, 3.8) is 0 Å². The van der Waals surface area contributed by atoms with Gasteiger partial charge in [-0.3, -0.25) is 0 Å². The van der Waals surface area contributed by atoms with Gasteiger partial charge in [0.15, 0.2) is 0 Å². The Labute approximate surface area is 116 Å². The Morgan fingerprint density at radius 3 is 2.63 bits per heavy atom. The Balaban J connectivity index is 2.82. The zero-order chi connectivity index (χ0) is 14.6. The number of hydrogen-bond acceptors (Lipinski definition) is 3. The molecule has 1 atom stereocenters. The molecule has 1 rings (SSSR count). The summed E-state index contributed by atoms with van der Waals surface area (Å²) in [4.78, 5) is 0. The van der Waals surface area contributed by atoms with Crippen molar-refractivity contribution < 1.29 is 18.4 Å². The van der Waals surface area contributed by atoms with E-state index in [-0.39, 0.29) is 18.3 Å². The molecule has 8 heteroatoms. The van der Waals surface area contributed by atoms with Gasteiger partial charge in [0.25, 0.3) is 0 Å². The molecule has 4 nitrogen and oxygen atoms in total. The van der Waals surface area contributed by atoms with Gasteiger partial charge in [0, 0.05) is 22.6 Å². The molecule has 0 heterocycles. The number of amidine groups is 1. The van der Waals surface area contributed by atoms with Gasteiger partial charge in [-0.1, -0.05) is 28.0 Å². The van der Waals surface area contributed by atoms with Gasteiger partial charge in [0.1, 0.15) is 5.84 Å². The number of nitrogens with zero attached hydrogens (tertiary/aromatic N) is 1. The molecule has 0 aliphatic carbocycles. The lowest BCUT2D eigenvalue weighted by atomic mass is 10.1. The van der Waals surface area contributed by atoms with Crippen LogP contribution in [0, 0.1) is 5.92 Å². The first-order chi connectivity index (χ1) is 8.74. The third-order valence-electron chi connectivity index (χ3n) is 2.46. The Morgan fingerprint density at radius 2 is 2.11 bits per heavy atom. The van der Waals surface area contributed by atoms with Gasteiger partial charge in [-0.05, 0) is 18.2 Å². The number of hydrogen-bond donors (Lipinski definition) is 3. The molecule has 1 aromatic carbocycles. The van der Waals surface area contributed by atoms with E-state index < -0.39 is 11.7 Å². The second kappa shape index (κ2) is 6.14. The predicted octanol–water partition coefficient (Wildman–Crippen LogP) is 3.26. The van der Waals surface area contributed by atoms with Gasteiger partial charge >= 0.3 is 6.18 Å². The van der Waals surface area contributed by atoms with Crippen LogP contribution in [-0.2, 0) is 6.18 Å². The first-order valence-corrected chi connectivity index (χ1v) is 6.12. The average Bonchev–Trinajstić information content (AvgIpc) is 2.33. The van der Waals surface area contributed by atoms with E-state index in [1.54, 1.807) is 6.92 Å². The lowest BCUT2D eigenvalue weighted by molar-refractivity contribution is -0.137. The zero-order valence-corrected chi connectivity index (χ0v) is 11.6. The molecule has 0 aliphatic heterocycles. The summed E-state index contributed by atoms with van der Waals surface area (Å²) in [5, 5.41) is 14.1. The van der Waals surface area contributed by atoms with E-state index in [0.29, 0.717) is 10.2 Å². The summed E-state index contributed by atoms with van der Waals surface area (Å²) in [6.45, 7) is 1.94. The monoisotopic (exact) mass is 339 g/mol. The molecule has 0 amide bonds. The summed E-state index contributed by atoms with van der Waals surface area (Å²) in [5.41, 5.74) is 4.94. The number of oxime groups is 1. The van der Waals surface area contributed by atoms with Crippen LogP contribution in [0.1, 0.15) is 12.5 Å². The van der Waals surface area contributed by atoms with Crippen LogP contribution in [0.25, 0.3) is 0 Å². The molecule has 0 bridgehead atoms. The number of anilines is 1. The maximum Gasteiger partial charge on any atom is 0.416 e. The second-order valence-corrected chi connectivity index (χ2v) is 4.95. The van der Waals surface area contributed by atoms with Gasteiger partial charge in [-0.2, -0.15) is 13.2 Å². The fourth-order valence-electron chi connectivity index (χ4n) is 1.33. The SMILES string of the molecule is CC(CNc1cc(Br)cc(C(F)(F)F)c1)C(N)=NO. The maximum atomic E-state index is 12.6. The molecule has 0 saturated heterocycles. The number of rotatable bonds is 4. The predicted molar refractivity (Wildman–Crippen MR) is 70.2 cm³/mol. The number of nitrogens with one attached hydrogen (secondary N) is 1. The molecule has 1 aromatic rings. The molecule has 19 heavy (non-hydrogen) atoms. The van der Waals surface area contributed by atoms with Crippen molar-refractivity contribution in [2.45, 2.75) is 13.1 Å². The van der Waals surface area contributed by atoms with Crippen molar-refractivity contribution in [1.82, 2.24) is 0 Å². The number of nitrogens with two attached hydrogens (primary N) is 1. The lowest BCUT2D eigenvalue weighted by Gasteiger charge is -2.14. The highest BCUT2D eigenvalue weighted by Gasteiger charge is 2.31. The van der Waals surface area contributed by atoms with Crippen molar-refractivity contribution in [2.24, 2.45) is 16.8 Å². The van der Waals surface area contributed by atoms with E-state index in [1.807, 2.05) is 0 Å². The molecule has 0 aromatic heterocycles. The van der Waals surface area contributed by atoms with Crippen LogP contribution in [0.3, 0.4) is 0 Å². The number of benzene rings is 1. The van der Waals surface area contributed by atoms with E-state index in [0.717, 1.165) is 12.1 Å². The third-order valence-corrected chi connectivity index (χ3v) is 2.92. The molecule has 4 N–H and O–H groups in total. The van der Waals surface area contributed by atoms with Crippen molar-refractivity contribution in [3.05, 3.63) is 28.2 Å². The summed E-state index contributed by atoms with van der Waals surface area (Å²) >= 11 is 3.03. The summed E-state index contributed by atoms with van der Waals surface area (Å²) in [6, 6.07) is 3.52. The summed E-state index contributed by atoms with van der Waals surface area (Å²) in [7, 11) is 0. The summed E-state index contributed by atoms with van der Waals surface area (Å²) in [5.74, 6) is -0.295. The van der Waals surface area contributed by atoms with Gasteiger partial charge in [0.05, 0.1) is 5.56 Å². The molecule has 106 valence electrons. The van der Waals surface area contributed by atoms with Gasteiger partial charge in [0.2, 0.25) is 0 Å². The second-order valence-electron chi connectivity index (χ2n) is 4.03. The van der Waals surface area contributed by atoms with Crippen LogP contribution in [-0.4, -0.2) is 17.6 Å². The fourth-order valence-corrected chi connectivity index (χ4v) is 1.82. The van der Waals surface area contributed by atoms with Crippen LogP contribution in [0.5, 0.6) is 0 Å².